The number of nitrogens with one attached hydrogen (secondary N) is 1. The van der Waals surface area contributed by atoms with Gasteiger partial charge in [0.1, 0.15) is 5.75 Å². The third-order valence-corrected chi connectivity index (χ3v) is 5.44. The third-order valence-electron chi connectivity index (χ3n) is 3.52. The van der Waals surface area contributed by atoms with Crippen molar-refractivity contribution in [2.45, 2.75) is 39.0 Å². The van der Waals surface area contributed by atoms with E-state index in [1.54, 1.807) is 7.11 Å². The predicted octanol–water partition coefficient (Wildman–Crippen LogP) is 2.64. The first-order valence-electron chi connectivity index (χ1n) is 8.29. The van der Waals surface area contributed by atoms with Crippen LogP contribution in [0.3, 0.4) is 0 Å². The summed E-state index contributed by atoms with van der Waals surface area (Å²) >= 11 is 0. The normalized spacial score (nSPS) is 13.5. The lowest BCUT2D eigenvalue weighted by molar-refractivity contribution is 0.396. The van der Waals surface area contributed by atoms with Crippen molar-refractivity contribution >= 4 is 16.8 Å². The second kappa shape index (κ2) is 9.67. The number of methoxy groups -OCH3 is 1. The number of hydrogen-bond donors (Lipinski definition) is 1. The van der Waals surface area contributed by atoms with E-state index in [2.05, 4.69) is 15.2 Å². The van der Waals surface area contributed by atoms with E-state index in [1.807, 2.05) is 59.0 Å². The largest absolute Gasteiger partial charge is 0.496 e. The first kappa shape index (κ1) is 20.5. The van der Waals surface area contributed by atoms with Crippen LogP contribution in [0.1, 0.15) is 33.3 Å². The summed E-state index contributed by atoms with van der Waals surface area (Å²) in [6.45, 7) is 10.0. The van der Waals surface area contributed by atoms with Crippen molar-refractivity contribution in [3.05, 3.63) is 29.8 Å². The van der Waals surface area contributed by atoms with Crippen LogP contribution in [0.25, 0.3) is 0 Å². The first-order valence-corrected chi connectivity index (χ1v) is 9.61. The summed E-state index contributed by atoms with van der Waals surface area (Å²) in [5.41, 5.74) is 1.10. The van der Waals surface area contributed by atoms with Crippen molar-refractivity contribution in [3.63, 3.8) is 0 Å². The summed E-state index contributed by atoms with van der Waals surface area (Å²) in [6.07, 6.45) is 0. The second-order valence-electron chi connectivity index (χ2n) is 6.57. The molecule has 0 aliphatic rings. The van der Waals surface area contributed by atoms with Crippen LogP contribution >= 0.6 is 0 Å². The Morgan fingerprint density at radius 2 is 2.00 bits per heavy atom. The molecule has 0 saturated carbocycles. The Kier molecular flexibility index (Phi) is 8.25. The van der Waals surface area contributed by atoms with Gasteiger partial charge in [0, 0.05) is 47.0 Å². The number of nitrogens with zero attached hydrogens (tertiary/aromatic N) is 2. The Hall–Kier alpha value is -1.56. The van der Waals surface area contributed by atoms with Crippen LogP contribution in [0.4, 0.5) is 0 Å². The zero-order chi connectivity index (χ0) is 18.2. The molecule has 1 aromatic carbocycles. The highest BCUT2D eigenvalue weighted by molar-refractivity contribution is 7.86. The van der Waals surface area contributed by atoms with Gasteiger partial charge >= 0.3 is 0 Å². The number of ether oxygens (including phenoxy) is 1. The lowest BCUT2D eigenvalue weighted by Gasteiger charge is -2.23. The quantitative estimate of drug-likeness (QED) is 0.605. The van der Waals surface area contributed by atoms with Crippen LogP contribution in [0.2, 0.25) is 0 Å². The molecule has 24 heavy (non-hydrogen) atoms. The predicted molar refractivity (Wildman–Crippen MR) is 103 cm³/mol. The first-order chi connectivity index (χ1) is 11.3. The molecule has 1 N–H and O–H groups in total. The Morgan fingerprint density at radius 1 is 1.33 bits per heavy atom. The van der Waals surface area contributed by atoms with E-state index in [9.17, 15) is 4.21 Å². The Bertz CT molecular complexity index is 568. The maximum Gasteiger partial charge on any atom is 0.193 e. The smallest absolute Gasteiger partial charge is 0.193 e. The van der Waals surface area contributed by atoms with Gasteiger partial charge in [-0.3, -0.25) is 9.20 Å². The average molecular weight is 354 g/mol. The van der Waals surface area contributed by atoms with Gasteiger partial charge in [-0.2, -0.15) is 0 Å². The molecule has 0 aliphatic carbocycles. The molecule has 0 aromatic heterocycles. The standard InChI is InChI=1S/C18H31N3O2S/c1-7-19-17(20-12-13-24(22)18(2,3)4)21(5)14-15-10-8-9-11-16(15)23-6/h8-11H,7,12-14H2,1-6H3,(H,19,20). The molecule has 0 heterocycles. The molecule has 6 heteroatoms. The minimum absolute atomic E-state index is 0.197. The van der Waals surface area contributed by atoms with Crippen molar-refractivity contribution in [2.24, 2.45) is 4.99 Å². The Morgan fingerprint density at radius 3 is 2.58 bits per heavy atom. The van der Waals surface area contributed by atoms with Gasteiger partial charge in [-0.15, -0.1) is 0 Å². The summed E-state index contributed by atoms with van der Waals surface area (Å²) in [5.74, 6) is 2.25. The fraction of sp³-hybridized carbons (Fsp3) is 0.611. The summed E-state index contributed by atoms with van der Waals surface area (Å²) in [6, 6.07) is 7.97. The molecule has 0 radical (unpaired) electrons. The van der Waals surface area contributed by atoms with Crippen LogP contribution in [0.15, 0.2) is 29.3 Å². The number of hydrogen-bond acceptors (Lipinski definition) is 3. The molecular formula is C18H31N3O2S. The molecule has 0 aliphatic heterocycles. The van der Waals surface area contributed by atoms with Crippen LogP contribution < -0.4 is 10.1 Å². The van der Waals surface area contributed by atoms with E-state index in [-0.39, 0.29) is 4.75 Å². The lowest BCUT2D eigenvalue weighted by Crippen LogP contribution is -2.39. The molecule has 0 bridgehead atoms. The van der Waals surface area contributed by atoms with E-state index in [4.69, 9.17) is 4.74 Å². The molecule has 1 unspecified atom stereocenters. The zero-order valence-electron chi connectivity index (χ0n) is 15.8. The Balaban J connectivity index is 2.75. The summed E-state index contributed by atoms with van der Waals surface area (Å²) < 4.78 is 17.4. The van der Waals surface area contributed by atoms with Gasteiger partial charge in [-0.25, -0.2) is 0 Å². The third kappa shape index (κ3) is 6.51. The van der Waals surface area contributed by atoms with Crippen LogP contribution in [-0.4, -0.2) is 52.8 Å². The molecule has 0 spiro atoms. The highest BCUT2D eigenvalue weighted by Gasteiger charge is 2.18. The molecule has 1 aromatic rings. The molecule has 0 amide bonds. The second-order valence-corrected chi connectivity index (χ2v) is 8.89. The molecular weight excluding hydrogens is 322 g/mol. The van der Waals surface area contributed by atoms with Gasteiger partial charge in [0.25, 0.3) is 0 Å². The van der Waals surface area contributed by atoms with Crippen molar-refractivity contribution in [3.8, 4) is 5.75 Å². The number of para-hydroxylation sites is 1. The lowest BCUT2D eigenvalue weighted by atomic mass is 10.2. The van der Waals surface area contributed by atoms with Gasteiger partial charge in [-0.1, -0.05) is 18.2 Å². The highest BCUT2D eigenvalue weighted by Crippen LogP contribution is 2.18. The van der Waals surface area contributed by atoms with Gasteiger partial charge in [0.2, 0.25) is 0 Å². The van der Waals surface area contributed by atoms with Crippen LogP contribution in [-0.2, 0) is 17.3 Å². The molecule has 5 nitrogen and oxygen atoms in total. The van der Waals surface area contributed by atoms with Gasteiger partial charge in [0.15, 0.2) is 5.96 Å². The number of aliphatic imine (C=N–C) groups is 1. The SMILES string of the molecule is CCNC(=NCCS(=O)C(C)(C)C)N(C)Cc1ccccc1OC. The van der Waals surface area contributed by atoms with Crippen LogP contribution in [0.5, 0.6) is 5.75 Å². The number of rotatable bonds is 7. The zero-order valence-corrected chi connectivity index (χ0v) is 16.6. The monoisotopic (exact) mass is 353 g/mol. The highest BCUT2D eigenvalue weighted by atomic mass is 32.2. The van der Waals surface area contributed by atoms with Crippen molar-refractivity contribution in [1.82, 2.24) is 10.2 Å². The fourth-order valence-electron chi connectivity index (χ4n) is 2.17. The van der Waals surface area contributed by atoms with Crippen molar-refractivity contribution in [1.29, 1.82) is 0 Å². The molecule has 0 saturated heterocycles. The van der Waals surface area contributed by atoms with E-state index in [0.717, 1.165) is 23.8 Å². The van der Waals surface area contributed by atoms with E-state index in [1.165, 1.54) is 0 Å². The summed E-state index contributed by atoms with van der Waals surface area (Å²) in [4.78, 5) is 6.67. The molecule has 0 fully saturated rings. The minimum Gasteiger partial charge on any atom is -0.496 e. The van der Waals surface area contributed by atoms with Gasteiger partial charge in [0.05, 0.1) is 13.7 Å². The van der Waals surface area contributed by atoms with E-state index in [0.29, 0.717) is 18.8 Å². The van der Waals surface area contributed by atoms with Crippen LogP contribution in [0, 0.1) is 0 Å². The maximum atomic E-state index is 12.1. The fourth-order valence-corrected chi connectivity index (χ4v) is 3.04. The average Bonchev–Trinajstić information content (AvgIpc) is 2.53. The molecule has 1 atom stereocenters. The van der Waals surface area contributed by atoms with E-state index < -0.39 is 10.8 Å². The number of benzene rings is 1. The minimum atomic E-state index is -0.887. The van der Waals surface area contributed by atoms with Crippen molar-refractivity contribution < 1.29 is 8.95 Å². The summed E-state index contributed by atoms with van der Waals surface area (Å²) in [5, 5.41) is 3.29. The molecule has 136 valence electrons. The number of guanidine groups is 1. The maximum absolute atomic E-state index is 12.1. The van der Waals surface area contributed by atoms with E-state index >= 15 is 0 Å². The summed E-state index contributed by atoms with van der Waals surface area (Å²) in [7, 11) is 2.79. The Labute approximate surface area is 149 Å². The van der Waals surface area contributed by atoms with Gasteiger partial charge < -0.3 is 15.0 Å². The molecule has 1 rings (SSSR count). The van der Waals surface area contributed by atoms with Crippen molar-refractivity contribution in [2.75, 3.05) is 33.0 Å². The van der Waals surface area contributed by atoms with Gasteiger partial charge in [-0.05, 0) is 33.8 Å². The topological polar surface area (TPSA) is 53.9 Å².